The van der Waals surface area contributed by atoms with Crippen molar-refractivity contribution in [2.75, 3.05) is 13.2 Å². The molecular formula is C24H21F2N3O6. The van der Waals surface area contributed by atoms with Gasteiger partial charge in [0.05, 0.1) is 6.61 Å². The molecule has 0 radical (unpaired) electrons. The summed E-state index contributed by atoms with van der Waals surface area (Å²) in [7, 11) is 0. The van der Waals surface area contributed by atoms with Gasteiger partial charge in [0.15, 0.2) is 12.1 Å². The highest BCUT2D eigenvalue weighted by Gasteiger charge is 2.20. The number of hydrogen-bond acceptors (Lipinski definition) is 8. The molecule has 0 aliphatic heterocycles. The number of aliphatic carboxylic acids is 1. The van der Waals surface area contributed by atoms with Gasteiger partial charge in [0.1, 0.15) is 23.1 Å². The predicted octanol–water partition coefficient (Wildman–Crippen LogP) is 5.22. The Morgan fingerprint density at radius 2 is 1.69 bits per heavy atom. The van der Waals surface area contributed by atoms with Crippen molar-refractivity contribution in [3.63, 3.8) is 0 Å². The van der Waals surface area contributed by atoms with Gasteiger partial charge in [0, 0.05) is 23.8 Å². The van der Waals surface area contributed by atoms with Crippen molar-refractivity contribution in [3.05, 3.63) is 53.1 Å². The quantitative estimate of drug-likeness (QED) is 0.340. The summed E-state index contributed by atoms with van der Waals surface area (Å²) in [5.41, 5.74) is 2.27. The molecule has 2 aromatic heterocycles. The topological polar surface area (TPSA) is 117 Å². The third-order valence-corrected chi connectivity index (χ3v) is 4.74. The van der Waals surface area contributed by atoms with Crippen LogP contribution in [-0.2, 0) is 4.79 Å². The fraction of sp³-hybridized carbons (Fsp3) is 0.250. The van der Waals surface area contributed by atoms with Crippen LogP contribution in [0.4, 0.5) is 8.78 Å². The third kappa shape index (κ3) is 5.45. The second-order valence-corrected chi connectivity index (χ2v) is 7.66. The maximum atomic E-state index is 13.6. The molecule has 0 atom stereocenters. The molecule has 0 saturated heterocycles. The number of fused-ring (bicyclic) bond motifs is 1. The number of aryl methyl sites for hydroxylation is 2. The number of carboxylic acid groups (broad SMARTS) is 1. The predicted molar refractivity (Wildman–Crippen MR) is 120 cm³/mol. The van der Waals surface area contributed by atoms with Crippen molar-refractivity contribution in [2.45, 2.75) is 27.2 Å². The molecule has 9 nitrogen and oxygen atoms in total. The molecular weight excluding hydrogens is 464 g/mol. The summed E-state index contributed by atoms with van der Waals surface area (Å²) in [6.07, 6.45) is 0.692. The van der Waals surface area contributed by atoms with Crippen LogP contribution in [0.5, 0.6) is 23.4 Å². The fourth-order valence-electron chi connectivity index (χ4n) is 3.38. The minimum atomic E-state index is -1.08. The van der Waals surface area contributed by atoms with Crippen LogP contribution in [0.3, 0.4) is 0 Å². The lowest BCUT2D eigenvalue weighted by Gasteiger charge is -2.11. The van der Waals surface area contributed by atoms with E-state index in [1.54, 1.807) is 26.0 Å². The minimum Gasteiger partial charge on any atom is -0.481 e. The van der Waals surface area contributed by atoms with E-state index in [1.807, 2.05) is 6.92 Å². The average Bonchev–Trinajstić information content (AvgIpc) is 3.20. The summed E-state index contributed by atoms with van der Waals surface area (Å²) in [5, 5.41) is 8.88. The van der Waals surface area contributed by atoms with E-state index in [2.05, 4.69) is 15.0 Å². The van der Waals surface area contributed by atoms with Crippen LogP contribution in [0.2, 0.25) is 0 Å². The molecule has 1 N–H and O–H groups in total. The third-order valence-electron chi connectivity index (χ3n) is 4.74. The van der Waals surface area contributed by atoms with Crippen molar-refractivity contribution in [1.29, 1.82) is 0 Å². The van der Waals surface area contributed by atoms with E-state index in [0.29, 0.717) is 35.5 Å². The molecule has 2 heterocycles. The number of carboxylic acids is 1. The lowest BCUT2D eigenvalue weighted by molar-refractivity contribution is -0.139. The van der Waals surface area contributed by atoms with Crippen molar-refractivity contribution in [1.82, 2.24) is 15.0 Å². The van der Waals surface area contributed by atoms with Gasteiger partial charge in [-0.15, -0.1) is 0 Å². The van der Waals surface area contributed by atoms with Gasteiger partial charge in [0.25, 0.3) is 11.6 Å². The summed E-state index contributed by atoms with van der Waals surface area (Å²) in [4.78, 5) is 23.7. The second kappa shape index (κ2) is 9.92. The van der Waals surface area contributed by atoms with Crippen LogP contribution < -0.4 is 14.2 Å². The first-order valence-corrected chi connectivity index (χ1v) is 10.6. The van der Waals surface area contributed by atoms with Crippen LogP contribution >= 0.6 is 0 Å². The normalized spacial score (nSPS) is 11.0. The number of rotatable bonds is 9. The Labute approximate surface area is 198 Å². The number of hydrogen-bond donors (Lipinski definition) is 1. The van der Waals surface area contributed by atoms with Crippen LogP contribution in [-0.4, -0.2) is 39.2 Å². The van der Waals surface area contributed by atoms with Crippen molar-refractivity contribution in [3.8, 4) is 34.8 Å². The van der Waals surface area contributed by atoms with E-state index < -0.39 is 24.2 Å². The molecule has 0 unspecified atom stereocenters. The van der Waals surface area contributed by atoms with Crippen LogP contribution in [0.15, 0.2) is 34.7 Å². The Morgan fingerprint density at radius 3 is 2.31 bits per heavy atom. The zero-order valence-electron chi connectivity index (χ0n) is 19.1. The molecule has 0 bridgehead atoms. The number of oxazole rings is 1. The van der Waals surface area contributed by atoms with Crippen molar-refractivity contribution >= 4 is 17.2 Å². The Kier molecular flexibility index (Phi) is 6.76. The molecule has 11 heteroatoms. The molecule has 35 heavy (non-hydrogen) atoms. The summed E-state index contributed by atoms with van der Waals surface area (Å²) < 4.78 is 49.4. The van der Waals surface area contributed by atoms with E-state index in [-0.39, 0.29) is 34.8 Å². The van der Waals surface area contributed by atoms with Gasteiger partial charge in [-0.3, -0.25) is 0 Å². The molecule has 0 aliphatic rings. The van der Waals surface area contributed by atoms with Gasteiger partial charge in [-0.1, -0.05) is 6.92 Å². The van der Waals surface area contributed by atoms with E-state index in [1.165, 1.54) is 0 Å². The highest BCUT2D eigenvalue weighted by Crippen LogP contribution is 2.34. The SMILES string of the molecule is CCCOc1nc(Oc2cc(F)cc(F)c2)nc2oc(-c3cc(C)c(OCC(=O)O)c(C)c3)nc12. The van der Waals surface area contributed by atoms with E-state index in [0.717, 1.165) is 18.2 Å². The molecule has 2 aromatic carbocycles. The van der Waals surface area contributed by atoms with Gasteiger partial charge in [-0.05, 0) is 43.5 Å². The molecule has 182 valence electrons. The zero-order valence-corrected chi connectivity index (χ0v) is 19.1. The van der Waals surface area contributed by atoms with Crippen molar-refractivity contribution < 1.29 is 37.3 Å². The molecule has 0 saturated carbocycles. The van der Waals surface area contributed by atoms with Crippen LogP contribution in [0.1, 0.15) is 24.5 Å². The highest BCUT2D eigenvalue weighted by molar-refractivity contribution is 5.78. The standard InChI is InChI=1S/C24H21F2N3O6/c1-4-5-32-22-19-23(29-24(28-22)34-17-9-15(25)8-16(26)10-17)35-21(27-19)14-6-12(2)20(13(3)7-14)33-11-18(30)31/h6-10H,4-5,11H2,1-3H3,(H,30,31). The minimum absolute atomic E-state index is 0.0505. The molecule has 0 aliphatic carbocycles. The molecule has 0 spiro atoms. The van der Waals surface area contributed by atoms with Gasteiger partial charge < -0.3 is 23.7 Å². The van der Waals surface area contributed by atoms with Crippen LogP contribution in [0, 0.1) is 25.5 Å². The average molecular weight is 485 g/mol. The monoisotopic (exact) mass is 485 g/mol. The smallest absolute Gasteiger partial charge is 0.341 e. The highest BCUT2D eigenvalue weighted by atomic mass is 19.1. The molecule has 0 amide bonds. The van der Waals surface area contributed by atoms with Crippen LogP contribution in [0.25, 0.3) is 22.7 Å². The Hall–Kier alpha value is -4.28. The summed E-state index contributed by atoms with van der Waals surface area (Å²) in [5.74, 6) is -2.08. The summed E-state index contributed by atoms with van der Waals surface area (Å²) in [6.45, 7) is 5.33. The molecule has 0 fully saturated rings. The largest absolute Gasteiger partial charge is 0.481 e. The van der Waals surface area contributed by atoms with Gasteiger partial charge >= 0.3 is 12.0 Å². The first kappa shape index (κ1) is 23.9. The number of halogens is 2. The molecule has 4 aromatic rings. The van der Waals surface area contributed by atoms with Gasteiger partial charge in [0.2, 0.25) is 5.89 Å². The van der Waals surface area contributed by atoms with E-state index in [4.69, 9.17) is 23.7 Å². The number of ether oxygens (including phenoxy) is 3. The first-order chi connectivity index (χ1) is 16.7. The zero-order chi connectivity index (χ0) is 25.1. The Bertz CT molecular complexity index is 1360. The second-order valence-electron chi connectivity index (χ2n) is 7.66. The number of nitrogens with zero attached hydrogens (tertiary/aromatic N) is 3. The summed E-state index contributed by atoms with van der Waals surface area (Å²) in [6, 6.07) is 5.95. The van der Waals surface area contributed by atoms with E-state index >= 15 is 0 Å². The number of aromatic nitrogens is 3. The maximum Gasteiger partial charge on any atom is 0.341 e. The van der Waals surface area contributed by atoms with Gasteiger partial charge in [-0.2, -0.15) is 9.97 Å². The lowest BCUT2D eigenvalue weighted by Crippen LogP contribution is -2.10. The number of benzene rings is 2. The Balaban J connectivity index is 1.73. The Morgan fingerprint density at radius 1 is 1.00 bits per heavy atom. The summed E-state index contributed by atoms with van der Waals surface area (Å²) >= 11 is 0. The fourth-order valence-corrected chi connectivity index (χ4v) is 3.38. The lowest BCUT2D eigenvalue weighted by atomic mass is 10.1. The first-order valence-electron chi connectivity index (χ1n) is 10.6. The molecule has 4 rings (SSSR count). The maximum absolute atomic E-state index is 13.6. The van der Waals surface area contributed by atoms with Crippen molar-refractivity contribution in [2.24, 2.45) is 0 Å². The van der Waals surface area contributed by atoms with E-state index in [9.17, 15) is 13.6 Å². The van der Waals surface area contributed by atoms with Gasteiger partial charge in [-0.25, -0.2) is 18.6 Å². The number of carbonyl (C=O) groups is 1.